The molecule has 0 atom stereocenters. The number of anilines is 1. The third kappa shape index (κ3) is 5.55. The third-order valence-corrected chi connectivity index (χ3v) is 5.84. The second-order valence-electron chi connectivity index (χ2n) is 8.35. The number of ether oxygens (including phenoxy) is 1. The van der Waals surface area contributed by atoms with Crippen LogP contribution in [-0.2, 0) is 17.8 Å². The van der Waals surface area contributed by atoms with Gasteiger partial charge in [-0.1, -0.05) is 48.9 Å². The van der Waals surface area contributed by atoms with E-state index in [1.807, 2.05) is 19.1 Å². The van der Waals surface area contributed by atoms with Crippen molar-refractivity contribution in [2.75, 3.05) is 5.32 Å². The van der Waals surface area contributed by atoms with E-state index in [1.165, 1.54) is 21.9 Å². The summed E-state index contributed by atoms with van der Waals surface area (Å²) in [4.78, 5) is 42.3. The number of rotatable bonds is 7. The summed E-state index contributed by atoms with van der Waals surface area (Å²) in [7, 11) is 0. The number of nitrogens with one attached hydrogen (secondary N) is 1. The summed E-state index contributed by atoms with van der Waals surface area (Å²) in [5.74, 6) is -0.443. The number of aryl methyl sites for hydroxylation is 1. The molecule has 0 radical (unpaired) electrons. The topological polar surface area (TPSA) is 103 Å². The standard InChI is InChI=1S/C25H24N4O4S/c1-15(2)10-21-28-29-22(30)13-20(27-25(29)34-21)14-33-24(32)18-8-5-9-19(12-18)26-23(31)17-7-4-6-16(3)11-17/h4-9,11-13,15H,10,14H2,1-3H3,(H,26,31). The number of benzene rings is 2. The molecule has 2 aromatic carbocycles. The number of nitrogens with zero attached hydrogens (tertiary/aromatic N) is 3. The van der Waals surface area contributed by atoms with Crippen LogP contribution in [-0.4, -0.2) is 26.5 Å². The van der Waals surface area contributed by atoms with Gasteiger partial charge < -0.3 is 10.1 Å². The first-order valence-electron chi connectivity index (χ1n) is 10.8. The molecule has 0 bridgehead atoms. The zero-order valence-electron chi connectivity index (χ0n) is 19.1. The molecule has 0 saturated carbocycles. The van der Waals surface area contributed by atoms with Crippen LogP contribution in [0.2, 0.25) is 0 Å². The largest absolute Gasteiger partial charge is 0.456 e. The summed E-state index contributed by atoms with van der Waals surface area (Å²) < 4.78 is 6.64. The summed E-state index contributed by atoms with van der Waals surface area (Å²) in [6, 6.07) is 15.0. The molecule has 0 unspecified atom stereocenters. The van der Waals surface area contributed by atoms with Crippen LogP contribution in [0.15, 0.2) is 59.4 Å². The van der Waals surface area contributed by atoms with Crippen LogP contribution in [0.25, 0.3) is 4.96 Å². The molecule has 1 N–H and O–H groups in total. The average Bonchev–Trinajstić information content (AvgIpc) is 3.20. The molecule has 8 nitrogen and oxygen atoms in total. The maximum Gasteiger partial charge on any atom is 0.338 e. The molecule has 0 aliphatic heterocycles. The van der Waals surface area contributed by atoms with Crippen molar-refractivity contribution in [2.24, 2.45) is 5.92 Å². The van der Waals surface area contributed by atoms with E-state index in [9.17, 15) is 14.4 Å². The van der Waals surface area contributed by atoms with Crippen molar-refractivity contribution in [3.05, 3.63) is 92.3 Å². The highest BCUT2D eigenvalue weighted by Gasteiger charge is 2.14. The molecule has 0 saturated heterocycles. The number of hydrogen-bond acceptors (Lipinski definition) is 7. The molecule has 174 valence electrons. The number of aromatic nitrogens is 3. The Hall–Kier alpha value is -3.85. The highest BCUT2D eigenvalue weighted by atomic mass is 32.1. The van der Waals surface area contributed by atoms with Gasteiger partial charge in [0.1, 0.15) is 11.6 Å². The molecular formula is C25H24N4O4S. The first-order chi connectivity index (χ1) is 16.3. The van der Waals surface area contributed by atoms with Crippen LogP contribution in [0.4, 0.5) is 5.69 Å². The van der Waals surface area contributed by atoms with E-state index in [-0.39, 0.29) is 23.6 Å². The van der Waals surface area contributed by atoms with Gasteiger partial charge in [-0.15, -0.1) is 0 Å². The van der Waals surface area contributed by atoms with Crippen molar-refractivity contribution in [2.45, 2.75) is 33.8 Å². The van der Waals surface area contributed by atoms with E-state index < -0.39 is 5.97 Å². The molecule has 4 rings (SSSR count). The second kappa shape index (κ2) is 9.96. The number of fused-ring (bicyclic) bond motifs is 1. The minimum absolute atomic E-state index is 0.151. The Bertz CT molecular complexity index is 1420. The summed E-state index contributed by atoms with van der Waals surface area (Å²) in [5.41, 5.74) is 2.29. The second-order valence-corrected chi connectivity index (χ2v) is 9.39. The van der Waals surface area contributed by atoms with Crippen LogP contribution in [0, 0.1) is 12.8 Å². The zero-order valence-corrected chi connectivity index (χ0v) is 19.9. The smallest absolute Gasteiger partial charge is 0.338 e. The van der Waals surface area contributed by atoms with E-state index in [4.69, 9.17) is 4.74 Å². The molecule has 2 heterocycles. The van der Waals surface area contributed by atoms with Gasteiger partial charge in [0.05, 0.1) is 11.3 Å². The molecule has 4 aromatic rings. The molecule has 2 aromatic heterocycles. The van der Waals surface area contributed by atoms with E-state index in [0.717, 1.165) is 17.0 Å². The van der Waals surface area contributed by atoms with Crippen LogP contribution < -0.4 is 10.9 Å². The summed E-state index contributed by atoms with van der Waals surface area (Å²) in [6.07, 6.45) is 0.758. The highest BCUT2D eigenvalue weighted by molar-refractivity contribution is 7.16. The van der Waals surface area contributed by atoms with Gasteiger partial charge >= 0.3 is 5.97 Å². The molecule has 9 heteroatoms. The van der Waals surface area contributed by atoms with Crippen LogP contribution >= 0.6 is 11.3 Å². The van der Waals surface area contributed by atoms with Gasteiger partial charge in [0.2, 0.25) is 4.96 Å². The predicted octanol–water partition coefficient (Wildman–Crippen LogP) is 4.27. The molecule has 1 amide bonds. The van der Waals surface area contributed by atoms with Crippen LogP contribution in [0.5, 0.6) is 0 Å². The van der Waals surface area contributed by atoms with E-state index in [0.29, 0.717) is 27.8 Å². The highest BCUT2D eigenvalue weighted by Crippen LogP contribution is 2.17. The van der Waals surface area contributed by atoms with Crippen molar-refractivity contribution in [3.8, 4) is 0 Å². The van der Waals surface area contributed by atoms with Gasteiger partial charge in [-0.3, -0.25) is 9.59 Å². The number of hydrogen-bond donors (Lipinski definition) is 1. The Morgan fingerprint density at radius 3 is 2.62 bits per heavy atom. The Morgan fingerprint density at radius 1 is 1.09 bits per heavy atom. The van der Waals surface area contributed by atoms with Crippen molar-refractivity contribution in [3.63, 3.8) is 0 Å². The number of carbonyl (C=O) groups excluding carboxylic acids is 2. The Balaban J connectivity index is 1.43. The van der Waals surface area contributed by atoms with Crippen molar-refractivity contribution >= 4 is 33.9 Å². The lowest BCUT2D eigenvalue weighted by molar-refractivity contribution is 0.0467. The molecule has 0 fully saturated rings. The normalized spacial score (nSPS) is 11.1. The fraction of sp³-hybridized carbons (Fsp3) is 0.240. The number of amides is 1. The first kappa shape index (κ1) is 23.3. The summed E-state index contributed by atoms with van der Waals surface area (Å²) in [6.45, 7) is 5.92. The van der Waals surface area contributed by atoms with Gasteiger partial charge in [0.25, 0.3) is 11.5 Å². The molecule has 0 aliphatic carbocycles. The molecule has 34 heavy (non-hydrogen) atoms. The van der Waals surface area contributed by atoms with Crippen molar-refractivity contribution in [1.29, 1.82) is 0 Å². The Kier molecular flexibility index (Phi) is 6.83. The summed E-state index contributed by atoms with van der Waals surface area (Å²) >= 11 is 1.35. The SMILES string of the molecule is Cc1cccc(C(=O)Nc2cccc(C(=O)OCc3cc(=O)n4nc(CC(C)C)sc4n3)c2)c1. The minimum atomic E-state index is -0.585. The maximum atomic E-state index is 12.6. The fourth-order valence-electron chi connectivity index (χ4n) is 3.34. The molecular weight excluding hydrogens is 452 g/mol. The Labute approximate surface area is 200 Å². The minimum Gasteiger partial charge on any atom is -0.456 e. The van der Waals surface area contributed by atoms with Gasteiger partial charge in [-0.2, -0.15) is 9.61 Å². The average molecular weight is 477 g/mol. The van der Waals surface area contributed by atoms with Gasteiger partial charge in [-0.25, -0.2) is 9.78 Å². The lowest BCUT2D eigenvalue weighted by atomic mass is 10.1. The van der Waals surface area contributed by atoms with Crippen LogP contribution in [0.3, 0.4) is 0 Å². The van der Waals surface area contributed by atoms with Gasteiger partial charge in [0, 0.05) is 23.7 Å². The third-order valence-electron chi connectivity index (χ3n) is 4.91. The van der Waals surface area contributed by atoms with Gasteiger partial charge in [-0.05, 0) is 43.2 Å². The molecule has 0 spiro atoms. The summed E-state index contributed by atoms with van der Waals surface area (Å²) in [5, 5.41) is 7.93. The van der Waals surface area contributed by atoms with E-state index >= 15 is 0 Å². The quantitative estimate of drug-likeness (QED) is 0.400. The zero-order chi connectivity index (χ0) is 24.2. The van der Waals surface area contributed by atoms with E-state index in [2.05, 4.69) is 29.2 Å². The van der Waals surface area contributed by atoms with Gasteiger partial charge in [0.15, 0.2) is 0 Å². The number of carbonyl (C=O) groups is 2. The fourth-order valence-corrected chi connectivity index (χ4v) is 4.47. The van der Waals surface area contributed by atoms with Crippen LogP contribution in [0.1, 0.15) is 50.8 Å². The molecule has 0 aliphatic rings. The monoisotopic (exact) mass is 476 g/mol. The van der Waals surface area contributed by atoms with Crippen molar-refractivity contribution < 1.29 is 14.3 Å². The first-order valence-corrected chi connectivity index (χ1v) is 11.6. The lowest BCUT2D eigenvalue weighted by Crippen LogP contribution is -2.17. The number of esters is 1. The lowest BCUT2D eigenvalue weighted by Gasteiger charge is -2.08. The predicted molar refractivity (Wildman–Crippen MR) is 130 cm³/mol. The van der Waals surface area contributed by atoms with E-state index in [1.54, 1.807) is 36.4 Å². The Morgan fingerprint density at radius 2 is 1.85 bits per heavy atom. The van der Waals surface area contributed by atoms with Crippen molar-refractivity contribution in [1.82, 2.24) is 14.6 Å². The maximum absolute atomic E-state index is 12.6.